The maximum absolute atomic E-state index is 13.1. The molecule has 0 aliphatic carbocycles. The molecule has 0 saturated carbocycles. The predicted molar refractivity (Wildman–Crippen MR) is 121 cm³/mol. The lowest BCUT2D eigenvalue weighted by Crippen LogP contribution is -2.41. The highest BCUT2D eigenvalue weighted by molar-refractivity contribution is 7.89. The Bertz CT molecular complexity index is 1030. The minimum Gasteiger partial charge on any atom is -0.379 e. The van der Waals surface area contributed by atoms with Gasteiger partial charge in [0, 0.05) is 31.9 Å². The number of hydrogen-bond acceptors (Lipinski definition) is 6. The van der Waals surface area contributed by atoms with Gasteiger partial charge in [0.2, 0.25) is 10.0 Å². The molecule has 2 heterocycles. The number of nitrogens with zero attached hydrogens (tertiary/aromatic N) is 2. The number of hydrogen-bond donors (Lipinski definition) is 1. The molecule has 1 N–H and O–H groups in total. The Kier molecular flexibility index (Phi) is 7.10. The maximum atomic E-state index is 13.1. The topological polar surface area (TPSA) is 88.2 Å². The van der Waals surface area contributed by atoms with Crippen molar-refractivity contribution in [1.29, 1.82) is 0 Å². The van der Waals surface area contributed by atoms with Gasteiger partial charge in [-0.05, 0) is 36.8 Å². The fraction of sp³-hybridized carbons (Fsp3) is 0.435. The van der Waals surface area contributed by atoms with Gasteiger partial charge in [0.15, 0.2) is 0 Å². The number of benzene rings is 2. The zero-order chi connectivity index (χ0) is 22.6. The van der Waals surface area contributed by atoms with Gasteiger partial charge in [-0.25, -0.2) is 8.42 Å². The van der Waals surface area contributed by atoms with Gasteiger partial charge in [-0.15, -0.1) is 0 Å². The molecule has 0 radical (unpaired) electrons. The Balaban J connectivity index is 1.48. The number of amides is 1. The van der Waals surface area contributed by atoms with E-state index in [4.69, 9.17) is 9.47 Å². The summed E-state index contributed by atoms with van der Waals surface area (Å²) in [5, 5.41) is 2.95. The Morgan fingerprint density at radius 2 is 1.50 bits per heavy atom. The smallest absolute Gasteiger partial charge is 0.253 e. The van der Waals surface area contributed by atoms with Crippen molar-refractivity contribution in [3.05, 3.63) is 59.7 Å². The SMILES string of the molecule is CC(NC(=O)c1ccccc1S(=O)(=O)N1CCOCC1)c1ccc(N2CCOCC2)cc1. The third-order valence-electron chi connectivity index (χ3n) is 5.84. The van der Waals surface area contributed by atoms with Crippen LogP contribution in [0.15, 0.2) is 53.4 Å². The highest BCUT2D eigenvalue weighted by atomic mass is 32.2. The average molecular weight is 460 g/mol. The van der Waals surface area contributed by atoms with E-state index in [0.29, 0.717) is 13.2 Å². The number of ether oxygens (including phenoxy) is 2. The van der Waals surface area contributed by atoms with E-state index < -0.39 is 15.9 Å². The van der Waals surface area contributed by atoms with Crippen LogP contribution in [0.1, 0.15) is 28.9 Å². The van der Waals surface area contributed by atoms with E-state index >= 15 is 0 Å². The first kappa shape index (κ1) is 22.7. The Morgan fingerprint density at radius 3 is 2.16 bits per heavy atom. The molecule has 172 valence electrons. The minimum atomic E-state index is -3.78. The number of carbonyl (C=O) groups excluding carboxylic acids is 1. The third-order valence-corrected chi connectivity index (χ3v) is 7.79. The number of anilines is 1. The summed E-state index contributed by atoms with van der Waals surface area (Å²) in [6.07, 6.45) is 0. The highest BCUT2D eigenvalue weighted by Gasteiger charge is 2.30. The van der Waals surface area contributed by atoms with E-state index in [9.17, 15) is 13.2 Å². The first-order chi connectivity index (χ1) is 15.5. The number of carbonyl (C=O) groups is 1. The molecule has 0 bridgehead atoms. The number of sulfonamides is 1. The van der Waals surface area contributed by atoms with Crippen molar-refractivity contribution in [2.45, 2.75) is 17.9 Å². The molecular weight excluding hydrogens is 430 g/mol. The molecule has 2 aromatic carbocycles. The van der Waals surface area contributed by atoms with Crippen LogP contribution in [0.25, 0.3) is 0 Å². The van der Waals surface area contributed by atoms with Crippen LogP contribution in [-0.4, -0.2) is 71.2 Å². The second-order valence-corrected chi connectivity index (χ2v) is 9.81. The molecule has 0 spiro atoms. The molecular formula is C23H29N3O5S. The Labute approximate surface area is 189 Å². The average Bonchev–Trinajstić information content (AvgIpc) is 2.85. The normalized spacial score (nSPS) is 18.8. The molecule has 1 atom stereocenters. The summed E-state index contributed by atoms with van der Waals surface area (Å²) in [5.41, 5.74) is 2.22. The van der Waals surface area contributed by atoms with Gasteiger partial charge >= 0.3 is 0 Å². The van der Waals surface area contributed by atoms with E-state index in [1.54, 1.807) is 18.2 Å². The number of rotatable bonds is 6. The lowest BCUT2D eigenvalue weighted by molar-refractivity contribution is 0.0729. The van der Waals surface area contributed by atoms with Gasteiger partial charge in [0.1, 0.15) is 0 Å². The lowest BCUT2D eigenvalue weighted by Gasteiger charge is -2.29. The van der Waals surface area contributed by atoms with Crippen LogP contribution in [0, 0.1) is 0 Å². The molecule has 2 aliphatic heterocycles. The fourth-order valence-electron chi connectivity index (χ4n) is 3.96. The van der Waals surface area contributed by atoms with Crippen LogP contribution >= 0.6 is 0 Å². The summed E-state index contributed by atoms with van der Waals surface area (Å²) in [6, 6.07) is 14.1. The van der Waals surface area contributed by atoms with Crippen molar-refractivity contribution in [1.82, 2.24) is 9.62 Å². The number of morpholine rings is 2. The molecule has 0 aromatic heterocycles. The summed E-state index contributed by atoms with van der Waals surface area (Å²) in [7, 11) is -3.78. The molecule has 2 saturated heterocycles. The Morgan fingerprint density at radius 1 is 0.906 bits per heavy atom. The molecule has 2 aromatic rings. The summed E-state index contributed by atoms with van der Waals surface area (Å²) >= 11 is 0. The van der Waals surface area contributed by atoms with Crippen molar-refractivity contribution in [3.8, 4) is 0 Å². The molecule has 2 aliphatic rings. The highest BCUT2D eigenvalue weighted by Crippen LogP contribution is 2.24. The molecule has 8 nitrogen and oxygen atoms in total. The summed E-state index contributed by atoms with van der Waals surface area (Å²) < 4.78 is 38.3. The predicted octanol–water partition coefficient (Wildman–Crippen LogP) is 2.04. The van der Waals surface area contributed by atoms with Crippen molar-refractivity contribution in [2.24, 2.45) is 0 Å². The first-order valence-electron chi connectivity index (χ1n) is 10.9. The van der Waals surface area contributed by atoms with Crippen LogP contribution in [0.3, 0.4) is 0 Å². The zero-order valence-electron chi connectivity index (χ0n) is 18.2. The van der Waals surface area contributed by atoms with Crippen molar-refractivity contribution in [3.63, 3.8) is 0 Å². The standard InChI is InChI=1S/C23H29N3O5S/c1-18(19-6-8-20(9-7-19)25-10-14-30-15-11-25)24-23(27)21-4-2-3-5-22(21)32(28,29)26-12-16-31-17-13-26/h2-9,18H,10-17H2,1H3,(H,24,27). The van der Waals surface area contributed by atoms with E-state index in [2.05, 4.69) is 10.2 Å². The largest absolute Gasteiger partial charge is 0.379 e. The van der Waals surface area contributed by atoms with Gasteiger partial charge in [0.25, 0.3) is 5.91 Å². The van der Waals surface area contributed by atoms with Gasteiger partial charge in [0.05, 0.1) is 42.9 Å². The van der Waals surface area contributed by atoms with Gasteiger partial charge < -0.3 is 19.7 Å². The fourth-order valence-corrected chi connectivity index (χ4v) is 5.56. The van der Waals surface area contributed by atoms with E-state index in [1.807, 2.05) is 31.2 Å². The van der Waals surface area contributed by atoms with Crippen LogP contribution in [0.4, 0.5) is 5.69 Å². The van der Waals surface area contributed by atoms with Crippen LogP contribution in [-0.2, 0) is 19.5 Å². The van der Waals surface area contributed by atoms with Crippen molar-refractivity contribution in [2.75, 3.05) is 57.5 Å². The third kappa shape index (κ3) is 4.96. The van der Waals surface area contributed by atoms with Crippen LogP contribution in [0.2, 0.25) is 0 Å². The monoisotopic (exact) mass is 459 g/mol. The lowest BCUT2D eigenvalue weighted by atomic mass is 10.1. The van der Waals surface area contributed by atoms with Crippen LogP contribution < -0.4 is 10.2 Å². The van der Waals surface area contributed by atoms with E-state index in [-0.39, 0.29) is 29.6 Å². The summed E-state index contributed by atoms with van der Waals surface area (Å²) in [5.74, 6) is -0.415. The Hall–Kier alpha value is -2.46. The quantitative estimate of drug-likeness (QED) is 0.711. The molecule has 4 rings (SSSR count). The van der Waals surface area contributed by atoms with Crippen molar-refractivity contribution < 1.29 is 22.7 Å². The molecule has 2 fully saturated rings. The molecule has 1 unspecified atom stereocenters. The molecule has 32 heavy (non-hydrogen) atoms. The summed E-state index contributed by atoms with van der Waals surface area (Å²) in [4.78, 5) is 15.3. The molecule has 1 amide bonds. The zero-order valence-corrected chi connectivity index (χ0v) is 19.0. The number of nitrogens with one attached hydrogen (secondary N) is 1. The van der Waals surface area contributed by atoms with Gasteiger partial charge in [-0.2, -0.15) is 4.31 Å². The second-order valence-electron chi connectivity index (χ2n) is 7.90. The maximum Gasteiger partial charge on any atom is 0.253 e. The molecule has 9 heteroatoms. The second kappa shape index (κ2) is 9.99. The van der Waals surface area contributed by atoms with Gasteiger partial charge in [-0.1, -0.05) is 24.3 Å². The van der Waals surface area contributed by atoms with E-state index in [0.717, 1.165) is 37.6 Å². The van der Waals surface area contributed by atoms with E-state index in [1.165, 1.54) is 10.4 Å². The van der Waals surface area contributed by atoms with Crippen LogP contribution in [0.5, 0.6) is 0 Å². The van der Waals surface area contributed by atoms with Crippen molar-refractivity contribution >= 4 is 21.6 Å². The van der Waals surface area contributed by atoms with Gasteiger partial charge in [-0.3, -0.25) is 4.79 Å². The summed E-state index contributed by atoms with van der Waals surface area (Å²) in [6.45, 7) is 6.33. The first-order valence-corrected chi connectivity index (χ1v) is 12.3. The minimum absolute atomic E-state index is 0.0225.